The van der Waals surface area contributed by atoms with Gasteiger partial charge in [-0.1, -0.05) is 33.6 Å². The average molecular weight is 242 g/mol. The Labute approximate surface area is 102 Å². The van der Waals surface area contributed by atoms with E-state index in [4.69, 9.17) is 0 Å². The first-order chi connectivity index (χ1) is 7.71. The summed E-state index contributed by atoms with van der Waals surface area (Å²) >= 11 is 1.61. The van der Waals surface area contributed by atoms with E-state index in [1.165, 1.54) is 0 Å². The molecule has 0 bridgehead atoms. The molecule has 0 saturated carbocycles. The lowest BCUT2D eigenvalue weighted by atomic mass is 9.97. The third kappa shape index (κ3) is 3.76. The molecule has 0 saturated heterocycles. The van der Waals surface area contributed by atoms with Crippen molar-refractivity contribution >= 4 is 16.5 Å². The van der Waals surface area contributed by atoms with Crippen LogP contribution in [-0.2, 0) is 6.42 Å². The van der Waals surface area contributed by atoms with Gasteiger partial charge in [-0.15, -0.1) is 11.3 Å². The minimum Gasteiger partial charge on any atom is -0.391 e. The highest BCUT2D eigenvalue weighted by molar-refractivity contribution is 7.13. The maximum Gasteiger partial charge on any atom is 0.182 e. The highest BCUT2D eigenvalue weighted by Crippen LogP contribution is 2.18. The fourth-order valence-corrected chi connectivity index (χ4v) is 2.55. The second-order valence-electron chi connectivity index (χ2n) is 4.02. The number of aryl methyl sites for hydroxylation is 1. The van der Waals surface area contributed by atoms with Gasteiger partial charge in [-0.05, 0) is 12.3 Å². The molecular weight excluding hydrogens is 220 g/mol. The number of nitrogens with zero attached hydrogens (tertiary/aromatic N) is 1. The van der Waals surface area contributed by atoms with Crippen molar-refractivity contribution in [3.8, 4) is 0 Å². The van der Waals surface area contributed by atoms with Crippen molar-refractivity contribution in [3.05, 3.63) is 11.1 Å². The molecule has 0 aliphatic rings. The molecule has 16 heavy (non-hydrogen) atoms. The first-order valence-electron chi connectivity index (χ1n) is 6.07. The van der Waals surface area contributed by atoms with Crippen LogP contribution in [0.15, 0.2) is 5.38 Å². The Morgan fingerprint density at radius 1 is 1.38 bits per heavy atom. The van der Waals surface area contributed by atoms with E-state index >= 15 is 0 Å². The largest absolute Gasteiger partial charge is 0.391 e. The average Bonchev–Trinajstić information content (AvgIpc) is 2.76. The summed E-state index contributed by atoms with van der Waals surface area (Å²) in [5.74, 6) is 0.387. The van der Waals surface area contributed by atoms with Crippen molar-refractivity contribution < 1.29 is 5.11 Å². The number of anilines is 1. The van der Waals surface area contributed by atoms with Gasteiger partial charge in [-0.3, -0.25) is 0 Å². The Hall–Kier alpha value is -0.610. The van der Waals surface area contributed by atoms with Crippen LogP contribution in [0, 0.1) is 5.92 Å². The van der Waals surface area contributed by atoms with Crippen LogP contribution in [0.5, 0.6) is 0 Å². The number of aliphatic hydroxyl groups is 1. The van der Waals surface area contributed by atoms with Gasteiger partial charge < -0.3 is 10.4 Å². The van der Waals surface area contributed by atoms with Crippen LogP contribution in [0.25, 0.3) is 0 Å². The first kappa shape index (κ1) is 13.5. The Morgan fingerprint density at radius 2 is 2.06 bits per heavy atom. The van der Waals surface area contributed by atoms with Gasteiger partial charge in [0.05, 0.1) is 11.8 Å². The number of aromatic nitrogens is 1. The van der Waals surface area contributed by atoms with Crippen LogP contribution >= 0.6 is 11.3 Å². The molecule has 0 spiro atoms. The molecule has 3 nitrogen and oxygen atoms in total. The van der Waals surface area contributed by atoms with E-state index in [0.29, 0.717) is 12.5 Å². The molecule has 0 aliphatic heterocycles. The molecule has 92 valence electrons. The molecule has 0 amide bonds. The third-order valence-corrected chi connectivity index (χ3v) is 3.82. The molecule has 1 atom stereocenters. The lowest BCUT2D eigenvalue weighted by Gasteiger charge is -2.19. The van der Waals surface area contributed by atoms with Crippen molar-refractivity contribution in [1.29, 1.82) is 0 Å². The van der Waals surface area contributed by atoms with E-state index in [1.807, 2.05) is 0 Å². The van der Waals surface area contributed by atoms with Gasteiger partial charge in [0.15, 0.2) is 5.13 Å². The molecule has 1 heterocycles. The molecular formula is C12H22N2OS. The monoisotopic (exact) mass is 242 g/mol. The topological polar surface area (TPSA) is 45.1 Å². The number of rotatable bonds is 7. The Bertz CT molecular complexity index is 297. The molecule has 1 rings (SSSR count). The summed E-state index contributed by atoms with van der Waals surface area (Å²) in [5, 5.41) is 16.1. The molecule has 1 unspecified atom stereocenters. The van der Waals surface area contributed by atoms with Crippen LogP contribution in [0.3, 0.4) is 0 Å². The molecule has 0 aliphatic carbocycles. The number of hydrogen-bond donors (Lipinski definition) is 2. The summed E-state index contributed by atoms with van der Waals surface area (Å²) in [6.07, 6.45) is 2.74. The number of thiazole rings is 1. The van der Waals surface area contributed by atoms with Crippen molar-refractivity contribution in [2.24, 2.45) is 5.92 Å². The minimum absolute atomic E-state index is 0.274. The summed E-state index contributed by atoms with van der Waals surface area (Å²) < 4.78 is 0. The van der Waals surface area contributed by atoms with Crippen LogP contribution in [0.2, 0.25) is 0 Å². The van der Waals surface area contributed by atoms with Crippen LogP contribution in [0.1, 0.15) is 39.3 Å². The molecule has 4 heteroatoms. The van der Waals surface area contributed by atoms with E-state index in [1.54, 1.807) is 11.3 Å². The SMILES string of the molecule is CCc1csc(NCC(O)C(CC)CC)n1. The van der Waals surface area contributed by atoms with E-state index in [9.17, 15) is 5.11 Å². The molecule has 0 aromatic carbocycles. The number of aliphatic hydroxyl groups excluding tert-OH is 1. The smallest absolute Gasteiger partial charge is 0.182 e. The number of nitrogens with one attached hydrogen (secondary N) is 1. The molecule has 1 aromatic heterocycles. The maximum atomic E-state index is 9.95. The predicted molar refractivity (Wildman–Crippen MR) is 70.1 cm³/mol. The zero-order valence-corrected chi connectivity index (χ0v) is 11.2. The molecule has 1 aromatic rings. The summed E-state index contributed by atoms with van der Waals surface area (Å²) in [7, 11) is 0. The van der Waals surface area contributed by atoms with Gasteiger partial charge in [-0.25, -0.2) is 4.98 Å². The quantitative estimate of drug-likeness (QED) is 0.772. The van der Waals surface area contributed by atoms with Gasteiger partial charge >= 0.3 is 0 Å². The zero-order chi connectivity index (χ0) is 12.0. The van der Waals surface area contributed by atoms with Gasteiger partial charge in [0.25, 0.3) is 0 Å². The summed E-state index contributed by atoms with van der Waals surface area (Å²) in [5.41, 5.74) is 1.12. The lowest BCUT2D eigenvalue weighted by Crippen LogP contribution is -2.27. The first-order valence-corrected chi connectivity index (χ1v) is 6.95. The van der Waals surface area contributed by atoms with E-state index in [-0.39, 0.29) is 6.10 Å². The maximum absolute atomic E-state index is 9.95. The van der Waals surface area contributed by atoms with Crippen LogP contribution in [0.4, 0.5) is 5.13 Å². The Kier molecular flexibility index (Phi) is 5.77. The zero-order valence-electron chi connectivity index (χ0n) is 10.4. The van der Waals surface area contributed by atoms with Crippen molar-refractivity contribution in [2.45, 2.75) is 46.1 Å². The van der Waals surface area contributed by atoms with Crippen LogP contribution in [-0.4, -0.2) is 22.7 Å². The summed E-state index contributed by atoms with van der Waals surface area (Å²) in [6.45, 7) is 6.94. The highest BCUT2D eigenvalue weighted by atomic mass is 32.1. The third-order valence-electron chi connectivity index (χ3n) is 2.97. The van der Waals surface area contributed by atoms with E-state index in [2.05, 4.69) is 36.5 Å². The Morgan fingerprint density at radius 3 is 2.56 bits per heavy atom. The second kappa shape index (κ2) is 6.86. The normalized spacial score (nSPS) is 13.1. The number of hydrogen-bond acceptors (Lipinski definition) is 4. The highest BCUT2D eigenvalue weighted by Gasteiger charge is 2.15. The minimum atomic E-state index is -0.274. The lowest BCUT2D eigenvalue weighted by molar-refractivity contribution is 0.114. The summed E-state index contributed by atoms with van der Waals surface area (Å²) in [4.78, 5) is 4.41. The fourth-order valence-electron chi connectivity index (χ4n) is 1.74. The van der Waals surface area contributed by atoms with Crippen molar-refractivity contribution in [2.75, 3.05) is 11.9 Å². The van der Waals surface area contributed by atoms with Gasteiger partial charge in [0.1, 0.15) is 0 Å². The molecule has 0 radical (unpaired) electrons. The van der Waals surface area contributed by atoms with Crippen molar-refractivity contribution in [3.63, 3.8) is 0 Å². The van der Waals surface area contributed by atoms with Gasteiger partial charge in [-0.2, -0.15) is 0 Å². The van der Waals surface area contributed by atoms with E-state index < -0.39 is 0 Å². The van der Waals surface area contributed by atoms with Crippen LogP contribution < -0.4 is 5.32 Å². The summed E-state index contributed by atoms with van der Waals surface area (Å²) in [6, 6.07) is 0. The van der Waals surface area contributed by atoms with Gasteiger partial charge in [0.2, 0.25) is 0 Å². The van der Waals surface area contributed by atoms with Gasteiger partial charge in [0, 0.05) is 11.9 Å². The molecule has 2 N–H and O–H groups in total. The second-order valence-corrected chi connectivity index (χ2v) is 4.88. The molecule has 0 fully saturated rings. The fraction of sp³-hybridized carbons (Fsp3) is 0.750. The van der Waals surface area contributed by atoms with E-state index in [0.717, 1.165) is 30.1 Å². The predicted octanol–water partition coefficient (Wildman–Crippen LogP) is 2.91. The van der Waals surface area contributed by atoms with Crippen molar-refractivity contribution in [1.82, 2.24) is 4.98 Å². The standard InChI is InChI=1S/C12H22N2OS/c1-4-9(5-2)11(15)7-13-12-14-10(6-3)8-16-12/h8-9,11,15H,4-7H2,1-3H3,(H,13,14). The Balaban J connectivity index is 2.38.